The summed E-state index contributed by atoms with van der Waals surface area (Å²) in [5, 5.41) is 0.331. The number of nitrogens with two attached hydrogens (primary N) is 1. The summed E-state index contributed by atoms with van der Waals surface area (Å²) < 4.78 is 6.27. The van der Waals surface area contributed by atoms with Crippen molar-refractivity contribution in [3.05, 3.63) is 0 Å². The van der Waals surface area contributed by atoms with Gasteiger partial charge in [0.2, 0.25) is 0 Å². The summed E-state index contributed by atoms with van der Waals surface area (Å²) in [4.78, 5) is 0. The molecule has 0 heterocycles. The maximum Gasteiger partial charge on any atom is 0.191 e. The predicted octanol–water partition coefficient (Wildman–Crippen LogP) is 3.53. The minimum absolute atomic E-state index is 0.331. The first kappa shape index (κ1) is 14.2. The highest BCUT2D eigenvalue weighted by atomic mass is 28.4. The molecule has 96 valence electrons. The topological polar surface area (TPSA) is 35.2 Å². The maximum absolute atomic E-state index is 6.27. The molecule has 1 fully saturated rings. The van der Waals surface area contributed by atoms with Gasteiger partial charge in [-0.15, -0.1) is 0 Å². The molecule has 3 heteroatoms. The third kappa shape index (κ3) is 3.86. The molecule has 1 rings (SSSR count). The SMILES string of the molecule is CC(C)(C)[Si](C)(C)OCC1CCC(N)CC1. The lowest BCUT2D eigenvalue weighted by Gasteiger charge is -2.38. The Kier molecular flexibility index (Phi) is 4.61. The molecule has 16 heavy (non-hydrogen) atoms. The third-order valence-electron chi connectivity index (χ3n) is 4.38. The number of hydrogen-bond acceptors (Lipinski definition) is 2. The fraction of sp³-hybridized carbons (Fsp3) is 1.00. The van der Waals surface area contributed by atoms with Crippen LogP contribution in [-0.4, -0.2) is 21.0 Å². The lowest BCUT2D eigenvalue weighted by molar-refractivity contribution is 0.186. The summed E-state index contributed by atoms with van der Waals surface area (Å²) in [5.41, 5.74) is 5.92. The minimum Gasteiger partial charge on any atom is -0.417 e. The second-order valence-corrected chi connectivity index (χ2v) is 11.7. The Morgan fingerprint density at radius 1 is 1.12 bits per heavy atom. The minimum atomic E-state index is -1.54. The molecule has 2 nitrogen and oxygen atoms in total. The summed E-state index contributed by atoms with van der Waals surface area (Å²) in [7, 11) is -1.54. The molecule has 1 aliphatic carbocycles. The van der Waals surface area contributed by atoms with Crippen molar-refractivity contribution in [1.29, 1.82) is 0 Å². The van der Waals surface area contributed by atoms with Crippen molar-refractivity contribution in [2.24, 2.45) is 11.7 Å². The van der Waals surface area contributed by atoms with Crippen LogP contribution >= 0.6 is 0 Å². The van der Waals surface area contributed by atoms with Crippen molar-refractivity contribution in [2.45, 2.75) is 70.6 Å². The van der Waals surface area contributed by atoms with E-state index in [1.807, 2.05) is 0 Å². The molecule has 0 aromatic rings. The van der Waals surface area contributed by atoms with E-state index in [-0.39, 0.29) is 0 Å². The lowest BCUT2D eigenvalue weighted by Crippen LogP contribution is -2.42. The van der Waals surface area contributed by atoms with E-state index in [0.29, 0.717) is 11.1 Å². The second kappa shape index (κ2) is 5.19. The van der Waals surface area contributed by atoms with Crippen LogP contribution in [0.5, 0.6) is 0 Å². The molecule has 0 unspecified atom stereocenters. The highest BCUT2D eigenvalue weighted by molar-refractivity contribution is 6.74. The molecular formula is C13H29NOSi. The Balaban J connectivity index is 2.34. The summed E-state index contributed by atoms with van der Waals surface area (Å²) in [6.45, 7) is 12.5. The molecule has 0 aromatic heterocycles. The van der Waals surface area contributed by atoms with E-state index in [9.17, 15) is 0 Å². The van der Waals surface area contributed by atoms with E-state index in [0.717, 1.165) is 12.5 Å². The monoisotopic (exact) mass is 243 g/mol. The molecule has 0 aromatic carbocycles. The zero-order chi connectivity index (χ0) is 12.4. The van der Waals surface area contributed by atoms with E-state index in [4.69, 9.17) is 10.2 Å². The zero-order valence-electron chi connectivity index (χ0n) is 11.7. The Morgan fingerprint density at radius 3 is 2.06 bits per heavy atom. The molecule has 0 radical (unpaired) electrons. The van der Waals surface area contributed by atoms with Crippen LogP contribution in [0.25, 0.3) is 0 Å². The van der Waals surface area contributed by atoms with Crippen LogP contribution in [0.1, 0.15) is 46.5 Å². The molecule has 0 amide bonds. The Bertz CT molecular complexity index is 214. The van der Waals surface area contributed by atoms with Gasteiger partial charge in [0.15, 0.2) is 8.32 Å². The van der Waals surface area contributed by atoms with Gasteiger partial charge in [0, 0.05) is 12.6 Å². The highest BCUT2D eigenvalue weighted by Gasteiger charge is 2.37. The summed E-state index contributed by atoms with van der Waals surface area (Å²) in [6, 6.07) is 0.448. The van der Waals surface area contributed by atoms with Crippen LogP contribution in [0.15, 0.2) is 0 Å². The van der Waals surface area contributed by atoms with Gasteiger partial charge in [-0.05, 0) is 49.7 Å². The fourth-order valence-corrected chi connectivity index (χ4v) is 2.98. The standard InChI is InChI=1S/C13H29NOSi/c1-13(2,3)16(4,5)15-10-11-6-8-12(14)9-7-11/h11-12H,6-10,14H2,1-5H3. The van der Waals surface area contributed by atoms with Gasteiger partial charge >= 0.3 is 0 Å². The molecule has 0 atom stereocenters. The van der Waals surface area contributed by atoms with Gasteiger partial charge < -0.3 is 10.2 Å². The van der Waals surface area contributed by atoms with Crippen LogP contribution in [-0.2, 0) is 4.43 Å². The van der Waals surface area contributed by atoms with Crippen molar-refractivity contribution in [3.63, 3.8) is 0 Å². The van der Waals surface area contributed by atoms with E-state index in [1.54, 1.807) is 0 Å². The Labute approximate surface area is 102 Å². The Hall–Kier alpha value is 0.137. The molecule has 0 aliphatic heterocycles. The first-order chi connectivity index (χ1) is 7.22. The van der Waals surface area contributed by atoms with Crippen LogP contribution in [0.2, 0.25) is 18.1 Å². The molecule has 0 saturated heterocycles. The predicted molar refractivity (Wildman–Crippen MR) is 73.1 cm³/mol. The first-order valence-electron chi connectivity index (χ1n) is 6.62. The smallest absolute Gasteiger partial charge is 0.191 e. The lowest BCUT2D eigenvalue weighted by atomic mass is 9.87. The van der Waals surface area contributed by atoms with Gasteiger partial charge in [0.1, 0.15) is 0 Å². The summed E-state index contributed by atoms with van der Waals surface area (Å²) >= 11 is 0. The van der Waals surface area contributed by atoms with Crippen LogP contribution in [0.3, 0.4) is 0 Å². The van der Waals surface area contributed by atoms with Crippen LogP contribution in [0.4, 0.5) is 0 Å². The van der Waals surface area contributed by atoms with Gasteiger partial charge in [-0.3, -0.25) is 0 Å². The van der Waals surface area contributed by atoms with E-state index >= 15 is 0 Å². The quantitative estimate of drug-likeness (QED) is 0.770. The van der Waals surface area contributed by atoms with Crippen molar-refractivity contribution >= 4 is 8.32 Å². The fourth-order valence-electron chi connectivity index (χ4n) is 1.90. The van der Waals surface area contributed by atoms with Crippen molar-refractivity contribution in [3.8, 4) is 0 Å². The summed E-state index contributed by atoms with van der Waals surface area (Å²) in [5.74, 6) is 0.758. The summed E-state index contributed by atoms with van der Waals surface area (Å²) in [6.07, 6.45) is 4.89. The first-order valence-corrected chi connectivity index (χ1v) is 9.53. The van der Waals surface area contributed by atoms with Gasteiger partial charge in [0.05, 0.1) is 0 Å². The highest BCUT2D eigenvalue weighted by Crippen LogP contribution is 2.37. The van der Waals surface area contributed by atoms with E-state index in [1.165, 1.54) is 25.7 Å². The average molecular weight is 243 g/mol. The molecular weight excluding hydrogens is 214 g/mol. The zero-order valence-corrected chi connectivity index (χ0v) is 12.7. The molecule has 1 aliphatic rings. The van der Waals surface area contributed by atoms with Gasteiger partial charge in [-0.25, -0.2) is 0 Å². The molecule has 0 spiro atoms. The van der Waals surface area contributed by atoms with Crippen molar-refractivity contribution in [1.82, 2.24) is 0 Å². The second-order valence-electron chi connectivity index (χ2n) is 6.85. The van der Waals surface area contributed by atoms with E-state index in [2.05, 4.69) is 33.9 Å². The average Bonchev–Trinajstić information content (AvgIpc) is 2.15. The maximum atomic E-state index is 6.27. The van der Waals surface area contributed by atoms with Gasteiger partial charge in [-0.2, -0.15) is 0 Å². The Morgan fingerprint density at radius 2 is 1.62 bits per heavy atom. The number of rotatable bonds is 3. The van der Waals surface area contributed by atoms with Crippen molar-refractivity contribution in [2.75, 3.05) is 6.61 Å². The van der Waals surface area contributed by atoms with Crippen LogP contribution in [0, 0.1) is 5.92 Å². The van der Waals surface area contributed by atoms with Crippen molar-refractivity contribution < 1.29 is 4.43 Å². The van der Waals surface area contributed by atoms with Gasteiger partial charge in [0.25, 0.3) is 0 Å². The van der Waals surface area contributed by atoms with Crippen LogP contribution < -0.4 is 5.73 Å². The normalized spacial score (nSPS) is 28.1. The van der Waals surface area contributed by atoms with Gasteiger partial charge in [-0.1, -0.05) is 20.8 Å². The van der Waals surface area contributed by atoms with E-state index < -0.39 is 8.32 Å². The molecule has 1 saturated carbocycles. The molecule has 2 N–H and O–H groups in total. The number of hydrogen-bond donors (Lipinski definition) is 1. The third-order valence-corrected chi connectivity index (χ3v) is 8.88. The molecule has 0 bridgehead atoms. The largest absolute Gasteiger partial charge is 0.417 e.